The Kier molecular flexibility index (Phi) is 14.1. The molecular formula is C16H15F10N3O5. The summed E-state index contributed by atoms with van der Waals surface area (Å²) in [5, 5.41) is 15.2. The maximum absolute atomic E-state index is 12.7. The molecule has 0 atom stereocenters. The summed E-state index contributed by atoms with van der Waals surface area (Å²) in [5.74, 6) is -6.15. The van der Waals surface area contributed by atoms with Crippen molar-refractivity contribution in [2.45, 2.75) is 18.9 Å². The van der Waals surface area contributed by atoms with Crippen LogP contribution in [0.5, 0.6) is 0 Å². The van der Waals surface area contributed by atoms with Crippen molar-refractivity contribution in [2.75, 3.05) is 13.2 Å². The summed E-state index contributed by atoms with van der Waals surface area (Å²) >= 11 is 0. The summed E-state index contributed by atoms with van der Waals surface area (Å²) in [7, 11) is 0. The molecule has 2 N–H and O–H groups in total. The minimum Gasteiger partial charge on any atom is -0.390 e. The molecule has 0 aliphatic rings. The first-order valence-electron chi connectivity index (χ1n) is 8.00. The summed E-state index contributed by atoms with van der Waals surface area (Å²) in [6.07, 6.45) is -9.33. The largest absolute Gasteiger partial charge is 0.390 e. The molecule has 1 rings (SSSR count). The summed E-state index contributed by atoms with van der Waals surface area (Å²) in [6.45, 7) is 2.07. The van der Waals surface area contributed by atoms with E-state index in [4.69, 9.17) is 10.2 Å². The topological polar surface area (TPSA) is 106 Å². The molecule has 0 fully saturated rings. The van der Waals surface area contributed by atoms with E-state index in [1.54, 1.807) is 0 Å². The monoisotopic (exact) mass is 519 g/mol. The molecule has 0 spiro atoms. The smallest absolute Gasteiger partial charge is 0.345 e. The van der Waals surface area contributed by atoms with E-state index in [0.29, 0.717) is 0 Å². The summed E-state index contributed by atoms with van der Waals surface area (Å²) in [5.41, 5.74) is -5.01. The zero-order valence-electron chi connectivity index (χ0n) is 16.5. The van der Waals surface area contributed by atoms with Crippen molar-refractivity contribution in [2.24, 2.45) is 0 Å². The summed E-state index contributed by atoms with van der Waals surface area (Å²) in [4.78, 5) is 34.8. The number of aliphatic hydroxyl groups excluding tert-OH is 2. The molecule has 8 nitrogen and oxygen atoms in total. The predicted octanol–water partition coefficient (Wildman–Crippen LogP) is 2.39. The van der Waals surface area contributed by atoms with Gasteiger partial charge in [0.1, 0.15) is 18.3 Å². The van der Waals surface area contributed by atoms with Gasteiger partial charge in [-0.3, -0.25) is 0 Å². The lowest BCUT2D eigenvalue weighted by atomic mass is 10.4. The van der Waals surface area contributed by atoms with E-state index in [0.717, 1.165) is 0 Å². The number of hydrogen-bond acceptors (Lipinski definition) is 5. The molecule has 0 aromatic carbocycles. The van der Waals surface area contributed by atoms with Crippen LogP contribution in [0.1, 0.15) is 0 Å². The maximum atomic E-state index is 12.7. The van der Waals surface area contributed by atoms with Crippen molar-refractivity contribution in [3.05, 3.63) is 68.4 Å². The second-order valence-electron chi connectivity index (χ2n) is 5.42. The third kappa shape index (κ3) is 11.5. The van der Waals surface area contributed by atoms with Crippen molar-refractivity contribution in [1.29, 1.82) is 0 Å². The second kappa shape index (κ2) is 14.7. The first kappa shape index (κ1) is 32.8. The average molecular weight is 519 g/mol. The fourth-order valence-corrected chi connectivity index (χ4v) is 1.41. The van der Waals surface area contributed by atoms with Crippen LogP contribution in [0.2, 0.25) is 0 Å². The van der Waals surface area contributed by atoms with Crippen LogP contribution < -0.4 is 17.1 Å². The zero-order chi connectivity index (χ0) is 27.4. The molecule has 0 aliphatic heterocycles. The third-order valence-electron chi connectivity index (χ3n) is 2.77. The highest BCUT2D eigenvalue weighted by Gasteiger charge is 2.39. The fraction of sp³-hybridized carbons (Fsp3) is 0.312. The zero-order valence-corrected chi connectivity index (χ0v) is 16.5. The fourth-order valence-electron chi connectivity index (χ4n) is 1.41. The molecule has 1 aromatic heterocycles. The molecule has 1 aromatic rings. The van der Waals surface area contributed by atoms with Gasteiger partial charge in [0.15, 0.2) is 0 Å². The van der Waals surface area contributed by atoms with Crippen molar-refractivity contribution in [3.63, 3.8) is 0 Å². The number of aliphatic hydroxyl groups is 2. The van der Waals surface area contributed by atoms with Crippen molar-refractivity contribution in [1.82, 2.24) is 13.7 Å². The summed E-state index contributed by atoms with van der Waals surface area (Å²) < 4.78 is 116. The molecule has 1 heterocycles. The average Bonchev–Trinajstić information content (AvgIpc) is 2.72. The van der Waals surface area contributed by atoms with Gasteiger partial charge in [-0.25, -0.2) is 45.6 Å². The van der Waals surface area contributed by atoms with E-state index in [-0.39, 0.29) is 26.1 Å². The van der Waals surface area contributed by atoms with Gasteiger partial charge in [-0.2, -0.15) is 26.3 Å². The van der Waals surface area contributed by atoms with Gasteiger partial charge in [-0.15, -0.1) is 0 Å². The standard InChI is InChI=1S/C10H6F5N3O3.C3H4F4O.C3H5FO/c1-5(11)2-16-8(19)17(3-6(12)13)10(21)18(9(16)20)4-7(14)15;4-2(5)3(6,7)1-8;1-3(4)2-5/h3-4H,1-2H2;2,8H,1H2;5H,1-2H2. The summed E-state index contributed by atoms with van der Waals surface area (Å²) in [6, 6.07) is 0. The van der Waals surface area contributed by atoms with Gasteiger partial charge in [-0.05, 0) is 0 Å². The SMILES string of the molecule is C=C(F)CO.C=C(F)Cn1c(=O)n(C=C(F)F)c(=O)n(C=C(F)F)c1=O.OCC(F)(F)C(F)F. The lowest BCUT2D eigenvalue weighted by molar-refractivity contribution is -0.153. The van der Waals surface area contributed by atoms with E-state index in [2.05, 4.69) is 13.2 Å². The molecule has 0 radical (unpaired) electrons. The Labute approximate surface area is 181 Å². The molecule has 0 saturated heterocycles. The van der Waals surface area contributed by atoms with Crippen molar-refractivity contribution < 1.29 is 54.1 Å². The molecule has 18 heteroatoms. The van der Waals surface area contributed by atoms with Crippen LogP contribution in [0.25, 0.3) is 12.4 Å². The lowest BCUT2D eigenvalue weighted by Gasteiger charge is -2.09. The van der Waals surface area contributed by atoms with Crippen LogP contribution in [-0.4, -0.2) is 49.5 Å². The van der Waals surface area contributed by atoms with Crippen LogP contribution in [0.4, 0.5) is 43.9 Å². The van der Waals surface area contributed by atoms with Crippen LogP contribution in [0, 0.1) is 0 Å². The molecule has 194 valence electrons. The van der Waals surface area contributed by atoms with Gasteiger partial charge < -0.3 is 10.2 Å². The van der Waals surface area contributed by atoms with Crippen LogP contribution in [0.15, 0.2) is 51.4 Å². The van der Waals surface area contributed by atoms with Gasteiger partial charge in [0.25, 0.3) is 12.2 Å². The van der Waals surface area contributed by atoms with Crippen LogP contribution in [-0.2, 0) is 6.54 Å². The van der Waals surface area contributed by atoms with E-state index < -0.39 is 73.0 Å². The van der Waals surface area contributed by atoms with Crippen LogP contribution in [0.3, 0.4) is 0 Å². The number of alkyl halides is 4. The van der Waals surface area contributed by atoms with Gasteiger partial charge in [-0.1, -0.05) is 13.2 Å². The van der Waals surface area contributed by atoms with E-state index in [9.17, 15) is 58.3 Å². The minimum atomic E-state index is -4.24. The van der Waals surface area contributed by atoms with Gasteiger partial charge in [0.05, 0.1) is 25.6 Å². The number of hydrogen-bond donors (Lipinski definition) is 2. The molecule has 34 heavy (non-hydrogen) atoms. The number of allylic oxidation sites excluding steroid dienone is 1. The van der Waals surface area contributed by atoms with Gasteiger partial charge >= 0.3 is 29.4 Å². The molecule has 0 bridgehead atoms. The predicted molar refractivity (Wildman–Crippen MR) is 97.8 cm³/mol. The molecule has 0 saturated carbocycles. The van der Waals surface area contributed by atoms with Gasteiger partial charge in [0, 0.05) is 0 Å². The Bertz CT molecular complexity index is 1020. The molecule has 0 amide bonds. The number of rotatable bonds is 7. The lowest BCUT2D eigenvalue weighted by Crippen LogP contribution is -2.52. The molecule has 0 aliphatic carbocycles. The highest BCUT2D eigenvalue weighted by atomic mass is 19.3. The number of halogens is 10. The third-order valence-corrected chi connectivity index (χ3v) is 2.77. The Morgan fingerprint density at radius 2 is 1.18 bits per heavy atom. The Hall–Kier alpha value is -3.41. The van der Waals surface area contributed by atoms with E-state index >= 15 is 0 Å². The van der Waals surface area contributed by atoms with E-state index in [1.807, 2.05) is 0 Å². The molecule has 0 unspecified atom stereocenters. The Balaban J connectivity index is 0. The van der Waals surface area contributed by atoms with Crippen molar-refractivity contribution in [3.8, 4) is 0 Å². The highest BCUT2D eigenvalue weighted by molar-refractivity contribution is 5.26. The quantitative estimate of drug-likeness (QED) is 0.539. The van der Waals surface area contributed by atoms with Gasteiger partial charge in [0.2, 0.25) is 0 Å². The second-order valence-corrected chi connectivity index (χ2v) is 5.42. The highest BCUT2D eigenvalue weighted by Crippen LogP contribution is 2.20. The molecular weight excluding hydrogens is 504 g/mol. The normalized spacial score (nSPS) is 10.4. The first-order valence-corrected chi connectivity index (χ1v) is 8.00. The van der Waals surface area contributed by atoms with Crippen LogP contribution >= 0.6 is 0 Å². The van der Waals surface area contributed by atoms with Crippen molar-refractivity contribution >= 4 is 12.4 Å². The minimum absolute atomic E-state index is 0.0391. The number of nitrogens with zero attached hydrogens (tertiary/aromatic N) is 3. The van der Waals surface area contributed by atoms with E-state index in [1.165, 1.54) is 0 Å². The first-order chi connectivity index (χ1) is 15.4. The Morgan fingerprint density at radius 3 is 1.35 bits per heavy atom. The number of aromatic nitrogens is 3. The Morgan fingerprint density at radius 1 is 0.824 bits per heavy atom. The maximum Gasteiger partial charge on any atom is 0.345 e.